The van der Waals surface area contributed by atoms with Crippen LogP contribution < -0.4 is 0 Å². The third-order valence-corrected chi connectivity index (χ3v) is 0.756. The van der Waals surface area contributed by atoms with Gasteiger partial charge in [-0.3, -0.25) is 0 Å². The summed E-state index contributed by atoms with van der Waals surface area (Å²) in [6.07, 6.45) is 0. The third kappa shape index (κ3) is 0.929. The summed E-state index contributed by atoms with van der Waals surface area (Å²) in [5, 5.41) is 8.63. The van der Waals surface area contributed by atoms with E-state index in [9.17, 15) is 0 Å². The van der Waals surface area contributed by atoms with Gasteiger partial charge in [0.2, 0.25) is 0 Å². The average Bonchev–Trinajstić information content (AvgIpc) is 1.69. The zero-order valence-corrected chi connectivity index (χ0v) is 3.83. The average molecular weight is 98.1 g/mol. The first kappa shape index (κ1) is 4.19. The largest absolute Gasteiger partial charge is 0.508 e. The first-order valence-corrected chi connectivity index (χ1v) is 2.13. The molecule has 0 fully saturated rings. The highest BCUT2D eigenvalue weighted by atomic mass is 16.3. The Morgan fingerprint density at radius 2 is 1.71 bits per heavy atom. The van der Waals surface area contributed by atoms with Crippen LogP contribution in [0.5, 0.6) is 5.75 Å². The molecular formula is C6H10O. The molecular weight excluding hydrogens is 88.1 g/mol. The van der Waals surface area contributed by atoms with Crippen molar-refractivity contribution in [3.8, 4) is 5.75 Å². The molecule has 0 unspecified atom stereocenters. The number of hydrogen-bond donors (Lipinski definition) is 1. The lowest BCUT2D eigenvalue weighted by Gasteiger charge is -1.82. The Morgan fingerprint density at radius 3 is 2.00 bits per heavy atom. The first-order valence-electron chi connectivity index (χ1n) is 2.13. The predicted octanol–water partition coefficient (Wildman–Crippen LogP) is 1.88. The minimum absolute atomic E-state index is 0. The summed E-state index contributed by atoms with van der Waals surface area (Å²) in [7, 11) is 0. The molecule has 0 bridgehead atoms. The Hall–Kier alpha value is -0.980. The smallest absolute Gasteiger partial charge is 0.115 e. The van der Waals surface area contributed by atoms with Crippen molar-refractivity contribution in [2.24, 2.45) is 0 Å². The van der Waals surface area contributed by atoms with Gasteiger partial charge in [0.05, 0.1) is 0 Å². The summed E-state index contributed by atoms with van der Waals surface area (Å²) in [6.45, 7) is 0. The number of phenols is 1. The first-order chi connectivity index (χ1) is 3.39. The zero-order valence-electron chi connectivity index (χ0n) is 3.83. The topological polar surface area (TPSA) is 20.2 Å². The Labute approximate surface area is 45.2 Å². The van der Waals surface area contributed by atoms with Crippen LogP contribution in [0.2, 0.25) is 0 Å². The number of hydrogen-bond acceptors (Lipinski definition) is 1. The molecule has 0 atom stereocenters. The molecule has 0 heterocycles. The number of aromatic hydroxyl groups is 1. The Morgan fingerprint density at radius 1 is 1.14 bits per heavy atom. The molecule has 0 saturated carbocycles. The molecule has 0 radical (unpaired) electrons. The van der Waals surface area contributed by atoms with E-state index >= 15 is 0 Å². The Balaban J connectivity index is 0. The molecule has 1 nitrogen and oxygen atoms in total. The fourth-order valence-electron chi connectivity index (χ4n) is 0.428. The van der Waals surface area contributed by atoms with Crippen molar-refractivity contribution in [2.75, 3.05) is 0 Å². The number of phenolic OH excluding ortho intramolecular Hbond substituents is 1. The predicted molar refractivity (Wildman–Crippen MR) is 32.3 cm³/mol. The van der Waals surface area contributed by atoms with Gasteiger partial charge in [-0.15, -0.1) is 0 Å². The van der Waals surface area contributed by atoms with Gasteiger partial charge in [0.25, 0.3) is 0 Å². The van der Waals surface area contributed by atoms with Crippen molar-refractivity contribution >= 4 is 0 Å². The normalized spacial score (nSPS) is 8.57. The highest BCUT2D eigenvalue weighted by molar-refractivity contribution is 5.18. The van der Waals surface area contributed by atoms with Gasteiger partial charge in [-0.05, 0) is 12.1 Å². The second kappa shape index (κ2) is 1.65. The lowest BCUT2D eigenvalue weighted by atomic mass is 10.3. The molecule has 0 aliphatic heterocycles. The number of rotatable bonds is 0. The molecule has 0 spiro atoms. The van der Waals surface area contributed by atoms with Crippen LogP contribution in [0.25, 0.3) is 0 Å². The van der Waals surface area contributed by atoms with Crippen molar-refractivity contribution in [3.05, 3.63) is 30.3 Å². The maximum atomic E-state index is 8.63. The van der Waals surface area contributed by atoms with Crippen LogP contribution in [0.15, 0.2) is 30.3 Å². The monoisotopic (exact) mass is 98.1 g/mol. The molecule has 0 aliphatic rings. The number of para-hydroxylation sites is 1. The zero-order chi connectivity index (χ0) is 5.11. The van der Waals surface area contributed by atoms with E-state index in [2.05, 4.69) is 0 Å². The molecule has 0 amide bonds. The second-order valence-electron chi connectivity index (χ2n) is 1.34. The molecule has 0 aliphatic carbocycles. The van der Waals surface area contributed by atoms with Crippen LogP contribution in [-0.2, 0) is 0 Å². The third-order valence-electron chi connectivity index (χ3n) is 0.756. The molecule has 40 valence electrons. The quantitative estimate of drug-likeness (QED) is 0.525. The van der Waals surface area contributed by atoms with Crippen LogP contribution >= 0.6 is 0 Å². The maximum Gasteiger partial charge on any atom is 0.115 e. The second-order valence-corrected chi connectivity index (χ2v) is 1.34. The van der Waals surface area contributed by atoms with Crippen molar-refractivity contribution in [1.82, 2.24) is 0 Å². The van der Waals surface area contributed by atoms with Gasteiger partial charge < -0.3 is 5.11 Å². The Bertz CT molecular complexity index is 141. The summed E-state index contributed by atoms with van der Waals surface area (Å²) < 4.78 is 0. The van der Waals surface area contributed by atoms with E-state index in [1.165, 1.54) is 0 Å². The fourth-order valence-corrected chi connectivity index (χ4v) is 0.428. The lowest BCUT2D eigenvalue weighted by Crippen LogP contribution is -1.56. The van der Waals surface area contributed by atoms with Crippen LogP contribution in [0, 0.1) is 0 Å². The fraction of sp³-hybridized carbons (Fsp3) is 0. The molecule has 1 rings (SSSR count). The van der Waals surface area contributed by atoms with Gasteiger partial charge in [-0.2, -0.15) is 0 Å². The van der Waals surface area contributed by atoms with E-state index in [0.29, 0.717) is 5.75 Å². The van der Waals surface area contributed by atoms with Crippen molar-refractivity contribution < 1.29 is 7.96 Å². The molecule has 1 N–H and O–H groups in total. The van der Waals surface area contributed by atoms with Crippen molar-refractivity contribution in [1.29, 1.82) is 0 Å². The van der Waals surface area contributed by atoms with Gasteiger partial charge in [-0.25, -0.2) is 0 Å². The summed E-state index contributed by atoms with van der Waals surface area (Å²) in [4.78, 5) is 0. The van der Waals surface area contributed by atoms with E-state index in [1.807, 2.05) is 6.07 Å². The number of benzene rings is 1. The molecule has 0 saturated heterocycles. The van der Waals surface area contributed by atoms with E-state index in [0.717, 1.165) is 0 Å². The van der Waals surface area contributed by atoms with Crippen LogP contribution in [0.4, 0.5) is 0 Å². The van der Waals surface area contributed by atoms with Gasteiger partial charge in [0.1, 0.15) is 5.75 Å². The van der Waals surface area contributed by atoms with Crippen LogP contribution in [0.1, 0.15) is 2.85 Å². The van der Waals surface area contributed by atoms with E-state index in [1.54, 1.807) is 24.3 Å². The van der Waals surface area contributed by atoms with Gasteiger partial charge in [0, 0.05) is 2.85 Å². The Kier molecular flexibility index (Phi) is 0.984. The van der Waals surface area contributed by atoms with Crippen molar-refractivity contribution in [2.45, 2.75) is 0 Å². The minimum atomic E-state index is 0. The summed E-state index contributed by atoms with van der Waals surface area (Å²) in [6, 6.07) is 8.71. The minimum Gasteiger partial charge on any atom is -0.508 e. The van der Waals surface area contributed by atoms with Crippen molar-refractivity contribution in [3.63, 3.8) is 0 Å². The summed E-state index contributed by atoms with van der Waals surface area (Å²) in [5.74, 6) is 0.322. The summed E-state index contributed by atoms with van der Waals surface area (Å²) in [5.41, 5.74) is 0. The summed E-state index contributed by atoms with van der Waals surface area (Å²) >= 11 is 0. The van der Waals surface area contributed by atoms with E-state index in [-0.39, 0.29) is 2.85 Å². The SMILES string of the molecule is Oc1ccccc1.[HH].[HH]. The highest BCUT2D eigenvalue weighted by Gasteiger charge is 1.74. The molecule has 1 aromatic carbocycles. The highest BCUT2D eigenvalue weighted by Crippen LogP contribution is 2.02. The standard InChI is InChI=1S/C6H6O.2H2/c7-6-4-2-1-3-5-6;;/h1-5,7H;2*1H. The lowest BCUT2D eigenvalue weighted by molar-refractivity contribution is 0.475. The van der Waals surface area contributed by atoms with E-state index < -0.39 is 0 Å². The van der Waals surface area contributed by atoms with E-state index in [4.69, 9.17) is 5.11 Å². The molecule has 1 heteroatoms. The maximum absolute atomic E-state index is 8.63. The molecule has 7 heavy (non-hydrogen) atoms. The van der Waals surface area contributed by atoms with Gasteiger partial charge >= 0.3 is 0 Å². The molecule has 0 aromatic heterocycles. The molecule has 1 aromatic rings. The van der Waals surface area contributed by atoms with Gasteiger partial charge in [-0.1, -0.05) is 18.2 Å². The van der Waals surface area contributed by atoms with Crippen LogP contribution in [-0.4, -0.2) is 5.11 Å². The van der Waals surface area contributed by atoms with Gasteiger partial charge in [0.15, 0.2) is 0 Å². The van der Waals surface area contributed by atoms with Crippen LogP contribution in [0.3, 0.4) is 0 Å².